The molecule has 3 aromatic rings. The SMILES string of the molecule is Cc1cc2c(=O)n(CC3(O)CCN(C(=O)CC(C)c4ccccc4)CC3)cnn2c1. The number of carbonyl (C=O) groups excluding carboxylic acids is 1. The molecule has 1 amide bonds. The molecule has 1 aromatic carbocycles. The first-order valence-corrected chi connectivity index (χ1v) is 10.4. The third-order valence-corrected chi connectivity index (χ3v) is 6.09. The van der Waals surface area contributed by atoms with Crippen molar-refractivity contribution in [3.05, 3.63) is 70.4 Å². The summed E-state index contributed by atoms with van der Waals surface area (Å²) < 4.78 is 3.04. The van der Waals surface area contributed by atoms with E-state index in [4.69, 9.17) is 0 Å². The first kappa shape index (κ1) is 20.3. The summed E-state index contributed by atoms with van der Waals surface area (Å²) in [5, 5.41) is 15.3. The van der Waals surface area contributed by atoms with Gasteiger partial charge in [-0.05, 0) is 42.9 Å². The first-order chi connectivity index (χ1) is 14.3. The minimum atomic E-state index is -1.02. The second-order valence-corrected chi connectivity index (χ2v) is 8.53. The lowest BCUT2D eigenvalue weighted by Gasteiger charge is -2.38. The highest BCUT2D eigenvalue weighted by Gasteiger charge is 2.35. The zero-order chi connectivity index (χ0) is 21.3. The highest BCUT2D eigenvalue weighted by atomic mass is 16.3. The molecule has 0 saturated carbocycles. The summed E-state index contributed by atoms with van der Waals surface area (Å²) >= 11 is 0. The largest absolute Gasteiger partial charge is 0.388 e. The molecule has 1 fully saturated rings. The van der Waals surface area contributed by atoms with Gasteiger partial charge in [0.15, 0.2) is 0 Å². The summed E-state index contributed by atoms with van der Waals surface area (Å²) in [6.07, 6.45) is 4.62. The quantitative estimate of drug-likeness (QED) is 0.703. The van der Waals surface area contributed by atoms with Crippen molar-refractivity contribution in [1.82, 2.24) is 19.1 Å². The fourth-order valence-corrected chi connectivity index (χ4v) is 4.20. The average Bonchev–Trinajstić information content (AvgIpc) is 3.12. The molecule has 0 spiro atoms. The molecule has 1 unspecified atom stereocenters. The van der Waals surface area contributed by atoms with Gasteiger partial charge in [0, 0.05) is 25.7 Å². The standard InChI is InChI=1S/C23H28N4O3/c1-17-12-20-22(29)26(16-24-27(20)14-17)15-23(30)8-10-25(11-9-23)21(28)13-18(2)19-6-4-3-5-7-19/h3-7,12,14,16,18,30H,8-11,13,15H2,1-2H3. The van der Waals surface area contributed by atoms with E-state index >= 15 is 0 Å². The van der Waals surface area contributed by atoms with E-state index in [1.54, 1.807) is 16.8 Å². The predicted octanol–water partition coefficient (Wildman–Crippen LogP) is 2.35. The minimum Gasteiger partial charge on any atom is -0.388 e. The molecule has 1 atom stereocenters. The van der Waals surface area contributed by atoms with Crippen LogP contribution in [0, 0.1) is 6.92 Å². The van der Waals surface area contributed by atoms with Crippen molar-refractivity contribution in [1.29, 1.82) is 0 Å². The van der Waals surface area contributed by atoms with Crippen LogP contribution in [-0.4, -0.2) is 48.8 Å². The van der Waals surface area contributed by atoms with Crippen molar-refractivity contribution in [2.75, 3.05) is 13.1 Å². The Hall–Kier alpha value is -2.93. The Bertz CT molecular complexity index is 1090. The first-order valence-electron chi connectivity index (χ1n) is 10.4. The van der Waals surface area contributed by atoms with Crippen molar-refractivity contribution < 1.29 is 9.90 Å². The molecule has 158 valence electrons. The molecule has 0 radical (unpaired) electrons. The third-order valence-electron chi connectivity index (χ3n) is 6.09. The molecule has 1 aliphatic heterocycles. The Morgan fingerprint density at radius 2 is 1.93 bits per heavy atom. The Morgan fingerprint density at radius 1 is 1.23 bits per heavy atom. The van der Waals surface area contributed by atoms with Crippen LogP contribution in [-0.2, 0) is 11.3 Å². The normalized spacial score (nSPS) is 17.2. The molecule has 3 heterocycles. The summed E-state index contributed by atoms with van der Waals surface area (Å²) in [5.41, 5.74) is 1.44. The van der Waals surface area contributed by atoms with Crippen molar-refractivity contribution >= 4 is 11.4 Å². The fourth-order valence-electron chi connectivity index (χ4n) is 4.20. The van der Waals surface area contributed by atoms with Crippen LogP contribution in [0.1, 0.15) is 43.2 Å². The molecule has 1 N–H and O–H groups in total. The number of hydrogen-bond donors (Lipinski definition) is 1. The van der Waals surface area contributed by atoms with E-state index in [0.717, 1.165) is 11.1 Å². The molecule has 4 rings (SSSR count). The molecule has 1 saturated heterocycles. The second kappa shape index (κ2) is 8.07. The smallest absolute Gasteiger partial charge is 0.277 e. The van der Waals surface area contributed by atoms with Crippen LogP contribution < -0.4 is 5.56 Å². The highest BCUT2D eigenvalue weighted by Crippen LogP contribution is 2.26. The van der Waals surface area contributed by atoms with Gasteiger partial charge in [0.25, 0.3) is 5.56 Å². The van der Waals surface area contributed by atoms with Crippen molar-refractivity contribution in [2.45, 2.75) is 51.2 Å². The van der Waals surface area contributed by atoms with E-state index < -0.39 is 5.60 Å². The topological polar surface area (TPSA) is 79.8 Å². The fraction of sp³-hybridized carbons (Fsp3) is 0.435. The maximum atomic E-state index is 12.7. The number of benzene rings is 1. The van der Waals surface area contributed by atoms with Crippen LogP contribution in [0.25, 0.3) is 5.52 Å². The number of likely N-dealkylation sites (tertiary alicyclic amines) is 1. The number of piperidine rings is 1. The lowest BCUT2D eigenvalue weighted by atomic mass is 9.90. The summed E-state index contributed by atoms with van der Waals surface area (Å²) in [6, 6.07) is 11.8. The maximum Gasteiger partial charge on any atom is 0.277 e. The molecule has 0 bridgehead atoms. The molecule has 30 heavy (non-hydrogen) atoms. The Labute approximate surface area is 175 Å². The zero-order valence-electron chi connectivity index (χ0n) is 17.5. The minimum absolute atomic E-state index is 0.109. The molecule has 1 aliphatic rings. The van der Waals surface area contributed by atoms with Gasteiger partial charge in [0.2, 0.25) is 5.91 Å². The number of rotatable bonds is 5. The number of amides is 1. The molecular weight excluding hydrogens is 380 g/mol. The summed E-state index contributed by atoms with van der Waals surface area (Å²) in [5.74, 6) is 0.263. The van der Waals surface area contributed by atoms with Crippen LogP contribution in [0.3, 0.4) is 0 Å². The highest BCUT2D eigenvalue weighted by molar-refractivity contribution is 5.77. The van der Waals surface area contributed by atoms with E-state index in [2.05, 4.69) is 12.0 Å². The summed E-state index contributed by atoms with van der Waals surface area (Å²) in [4.78, 5) is 27.3. The van der Waals surface area contributed by atoms with Gasteiger partial charge in [0.1, 0.15) is 11.8 Å². The van der Waals surface area contributed by atoms with Crippen molar-refractivity contribution in [3.63, 3.8) is 0 Å². The predicted molar refractivity (Wildman–Crippen MR) is 114 cm³/mol. The number of hydrogen-bond acceptors (Lipinski definition) is 4. The zero-order valence-corrected chi connectivity index (χ0v) is 17.5. The lowest BCUT2D eigenvalue weighted by Crippen LogP contribution is -2.49. The number of fused-ring (bicyclic) bond motifs is 1. The van der Waals surface area contributed by atoms with Gasteiger partial charge < -0.3 is 10.0 Å². The molecule has 2 aromatic heterocycles. The van der Waals surface area contributed by atoms with Crippen molar-refractivity contribution in [3.8, 4) is 0 Å². The lowest BCUT2D eigenvalue weighted by molar-refractivity contribution is -0.136. The molecule has 7 heteroatoms. The van der Waals surface area contributed by atoms with E-state index in [-0.39, 0.29) is 23.9 Å². The number of aliphatic hydroxyl groups is 1. The Balaban J connectivity index is 1.38. The summed E-state index contributed by atoms with van der Waals surface area (Å²) in [6.45, 7) is 5.14. The van der Waals surface area contributed by atoms with Crippen LogP contribution in [0.15, 0.2) is 53.7 Å². The second-order valence-electron chi connectivity index (χ2n) is 8.53. The van der Waals surface area contributed by atoms with E-state index in [0.29, 0.717) is 37.9 Å². The van der Waals surface area contributed by atoms with E-state index in [1.807, 2.05) is 42.2 Å². The van der Waals surface area contributed by atoms with Gasteiger partial charge in [-0.1, -0.05) is 37.3 Å². The number of aryl methyl sites for hydroxylation is 1. The monoisotopic (exact) mass is 408 g/mol. The number of nitrogens with zero attached hydrogens (tertiary/aromatic N) is 4. The van der Waals surface area contributed by atoms with Gasteiger partial charge in [-0.25, -0.2) is 4.52 Å². The van der Waals surface area contributed by atoms with Crippen LogP contribution in [0.5, 0.6) is 0 Å². The Kier molecular flexibility index (Phi) is 5.47. The van der Waals surface area contributed by atoms with Gasteiger partial charge in [-0.15, -0.1) is 0 Å². The third kappa shape index (κ3) is 4.16. The number of carbonyl (C=O) groups is 1. The van der Waals surface area contributed by atoms with Gasteiger partial charge in [-0.3, -0.25) is 14.2 Å². The number of aromatic nitrogens is 3. The van der Waals surface area contributed by atoms with Crippen LogP contribution >= 0.6 is 0 Å². The maximum absolute atomic E-state index is 12.7. The van der Waals surface area contributed by atoms with Gasteiger partial charge in [-0.2, -0.15) is 5.10 Å². The van der Waals surface area contributed by atoms with Gasteiger partial charge in [0.05, 0.1) is 12.1 Å². The molecule has 7 nitrogen and oxygen atoms in total. The van der Waals surface area contributed by atoms with Crippen LogP contribution in [0.2, 0.25) is 0 Å². The van der Waals surface area contributed by atoms with E-state index in [9.17, 15) is 14.7 Å². The Morgan fingerprint density at radius 3 is 2.63 bits per heavy atom. The van der Waals surface area contributed by atoms with E-state index in [1.165, 1.54) is 10.9 Å². The molecular formula is C23H28N4O3. The molecule has 0 aliphatic carbocycles. The average molecular weight is 409 g/mol. The summed E-state index contributed by atoms with van der Waals surface area (Å²) in [7, 11) is 0. The van der Waals surface area contributed by atoms with Crippen molar-refractivity contribution in [2.24, 2.45) is 0 Å². The van der Waals surface area contributed by atoms with Crippen LogP contribution in [0.4, 0.5) is 0 Å². The van der Waals surface area contributed by atoms with Gasteiger partial charge >= 0.3 is 0 Å².